The Labute approximate surface area is 100 Å². The number of hydrogen-bond acceptors (Lipinski definition) is 5. The molecular formula is C12H15N5. The second kappa shape index (κ2) is 4.45. The summed E-state index contributed by atoms with van der Waals surface area (Å²) in [5.41, 5.74) is 8.56. The van der Waals surface area contributed by atoms with Crippen LogP contribution in [0.4, 0.5) is 5.82 Å². The molecule has 0 aliphatic rings. The first-order valence-corrected chi connectivity index (χ1v) is 5.50. The van der Waals surface area contributed by atoms with E-state index in [0.29, 0.717) is 23.3 Å². The molecule has 0 saturated carbocycles. The highest BCUT2D eigenvalue weighted by Gasteiger charge is 2.13. The summed E-state index contributed by atoms with van der Waals surface area (Å²) in [4.78, 5) is 16.7. The topological polar surface area (TPSA) is 77.6 Å². The van der Waals surface area contributed by atoms with Crippen molar-refractivity contribution in [3.63, 3.8) is 0 Å². The van der Waals surface area contributed by atoms with Gasteiger partial charge < -0.3 is 5.73 Å². The van der Waals surface area contributed by atoms with E-state index in [4.69, 9.17) is 5.73 Å². The van der Waals surface area contributed by atoms with E-state index in [1.54, 1.807) is 12.3 Å². The van der Waals surface area contributed by atoms with Gasteiger partial charge in [0.2, 0.25) is 0 Å². The number of anilines is 1. The molecule has 2 heterocycles. The lowest BCUT2D eigenvalue weighted by atomic mass is 10.0. The zero-order valence-electron chi connectivity index (χ0n) is 10.2. The molecule has 2 aromatic rings. The zero-order chi connectivity index (χ0) is 12.4. The largest absolute Gasteiger partial charge is 0.383 e. The summed E-state index contributed by atoms with van der Waals surface area (Å²) in [6, 6.07) is 1.77. The molecule has 0 aliphatic heterocycles. The summed E-state index contributed by atoms with van der Waals surface area (Å²) in [5.74, 6) is 1.39. The van der Waals surface area contributed by atoms with Crippen molar-refractivity contribution in [2.24, 2.45) is 0 Å². The third-order valence-corrected chi connectivity index (χ3v) is 2.55. The number of nitrogens with zero attached hydrogens (tertiary/aromatic N) is 4. The summed E-state index contributed by atoms with van der Waals surface area (Å²) < 4.78 is 0. The van der Waals surface area contributed by atoms with Crippen molar-refractivity contribution < 1.29 is 0 Å². The Hall–Kier alpha value is -2.04. The second-order valence-corrected chi connectivity index (χ2v) is 4.18. The standard InChI is InChI=1S/C12H15N5/c1-7(2)10-8(3)16-12(17-11(10)13)9-4-5-14-6-15-9/h4-7H,1-3H3,(H2,13,16,17). The Bertz CT molecular complexity index is 499. The fourth-order valence-electron chi connectivity index (χ4n) is 1.85. The minimum Gasteiger partial charge on any atom is -0.383 e. The summed E-state index contributed by atoms with van der Waals surface area (Å²) in [7, 11) is 0. The van der Waals surface area contributed by atoms with Crippen LogP contribution in [0.1, 0.15) is 31.0 Å². The van der Waals surface area contributed by atoms with Gasteiger partial charge in [-0.3, -0.25) is 0 Å². The Balaban J connectivity index is 2.53. The average Bonchev–Trinajstić information content (AvgIpc) is 2.28. The molecule has 5 nitrogen and oxygen atoms in total. The van der Waals surface area contributed by atoms with E-state index >= 15 is 0 Å². The molecule has 0 aromatic carbocycles. The lowest BCUT2D eigenvalue weighted by molar-refractivity contribution is 0.835. The van der Waals surface area contributed by atoms with Crippen molar-refractivity contribution in [2.75, 3.05) is 5.73 Å². The van der Waals surface area contributed by atoms with E-state index in [0.717, 1.165) is 11.3 Å². The van der Waals surface area contributed by atoms with Crippen LogP contribution in [-0.4, -0.2) is 19.9 Å². The number of aryl methyl sites for hydroxylation is 1. The minimum absolute atomic E-state index is 0.314. The first-order valence-electron chi connectivity index (χ1n) is 5.50. The molecule has 88 valence electrons. The number of nitrogen functional groups attached to an aromatic ring is 1. The van der Waals surface area contributed by atoms with Crippen molar-refractivity contribution in [3.05, 3.63) is 29.8 Å². The van der Waals surface area contributed by atoms with Gasteiger partial charge in [-0.2, -0.15) is 0 Å². The molecule has 0 bridgehead atoms. The van der Waals surface area contributed by atoms with Gasteiger partial charge in [0.25, 0.3) is 0 Å². The third-order valence-electron chi connectivity index (χ3n) is 2.55. The van der Waals surface area contributed by atoms with Crippen molar-refractivity contribution in [3.8, 4) is 11.5 Å². The molecule has 17 heavy (non-hydrogen) atoms. The molecule has 5 heteroatoms. The van der Waals surface area contributed by atoms with Crippen molar-refractivity contribution in [1.82, 2.24) is 19.9 Å². The van der Waals surface area contributed by atoms with E-state index in [-0.39, 0.29) is 0 Å². The van der Waals surface area contributed by atoms with Crippen LogP contribution < -0.4 is 5.73 Å². The zero-order valence-corrected chi connectivity index (χ0v) is 10.2. The van der Waals surface area contributed by atoms with Gasteiger partial charge in [-0.1, -0.05) is 13.8 Å². The van der Waals surface area contributed by atoms with E-state index in [1.165, 1.54) is 6.33 Å². The van der Waals surface area contributed by atoms with E-state index in [1.807, 2.05) is 6.92 Å². The highest BCUT2D eigenvalue weighted by molar-refractivity contribution is 5.55. The molecule has 2 rings (SSSR count). The summed E-state index contributed by atoms with van der Waals surface area (Å²) in [5, 5.41) is 0. The van der Waals surface area contributed by atoms with Crippen LogP contribution in [0, 0.1) is 6.92 Å². The normalized spacial score (nSPS) is 10.8. The smallest absolute Gasteiger partial charge is 0.180 e. The number of aromatic nitrogens is 4. The van der Waals surface area contributed by atoms with Crippen LogP contribution in [-0.2, 0) is 0 Å². The second-order valence-electron chi connectivity index (χ2n) is 4.18. The van der Waals surface area contributed by atoms with Crippen LogP contribution >= 0.6 is 0 Å². The third kappa shape index (κ3) is 2.22. The van der Waals surface area contributed by atoms with Crippen molar-refractivity contribution in [2.45, 2.75) is 26.7 Å². The molecular weight excluding hydrogens is 214 g/mol. The minimum atomic E-state index is 0.314. The lowest BCUT2D eigenvalue weighted by Crippen LogP contribution is -2.07. The summed E-state index contributed by atoms with van der Waals surface area (Å²) in [6.07, 6.45) is 3.13. The van der Waals surface area contributed by atoms with Gasteiger partial charge in [-0.15, -0.1) is 0 Å². The number of rotatable bonds is 2. The molecule has 2 N–H and O–H groups in total. The maximum absolute atomic E-state index is 5.97. The molecule has 0 unspecified atom stereocenters. The van der Waals surface area contributed by atoms with Crippen LogP contribution in [0.5, 0.6) is 0 Å². The molecule has 0 aliphatic carbocycles. The molecule has 0 atom stereocenters. The number of nitrogens with two attached hydrogens (primary N) is 1. The van der Waals surface area contributed by atoms with Gasteiger partial charge >= 0.3 is 0 Å². The number of hydrogen-bond donors (Lipinski definition) is 1. The Morgan fingerprint density at radius 2 is 2.00 bits per heavy atom. The molecule has 0 radical (unpaired) electrons. The van der Waals surface area contributed by atoms with Crippen LogP contribution in [0.25, 0.3) is 11.5 Å². The highest BCUT2D eigenvalue weighted by Crippen LogP contribution is 2.25. The maximum Gasteiger partial charge on any atom is 0.180 e. The molecule has 0 fully saturated rings. The van der Waals surface area contributed by atoms with Crippen LogP contribution in [0.3, 0.4) is 0 Å². The molecule has 0 amide bonds. The highest BCUT2D eigenvalue weighted by atomic mass is 15.0. The SMILES string of the molecule is Cc1nc(-c2ccncn2)nc(N)c1C(C)C. The average molecular weight is 229 g/mol. The maximum atomic E-state index is 5.97. The van der Waals surface area contributed by atoms with E-state index in [2.05, 4.69) is 33.8 Å². The van der Waals surface area contributed by atoms with Gasteiger partial charge in [0.1, 0.15) is 17.8 Å². The van der Waals surface area contributed by atoms with Gasteiger partial charge in [0, 0.05) is 17.5 Å². The van der Waals surface area contributed by atoms with Gasteiger partial charge in [-0.05, 0) is 18.9 Å². The Morgan fingerprint density at radius 1 is 1.24 bits per heavy atom. The van der Waals surface area contributed by atoms with Crippen molar-refractivity contribution >= 4 is 5.82 Å². The van der Waals surface area contributed by atoms with Gasteiger partial charge in [0.15, 0.2) is 5.82 Å². The fraction of sp³-hybridized carbons (Fsp3) is 0.333. The fourth-order valence-corrected chi connectivity index (χ4v) is 1.85. The lowest BCUT2D eigenvalue weighted by Gasteiger charge is -2.12. The Kier molecular flexibility index (Phi) is 2.99. The molecule has 0 saturated heterocycles. The van der Waals surface area contributed by atoms with Gasteiger partial charge in [-0.25, -0.2) is 19.9 Å². The van der Waals surface area contributed by atoms with E-state index in [9.17, 15) is 0 Å². The summed E-state index contributed by atoms with van der Waals surface area (Å²) in [6.45, 7) is 6.09. The summed E-state index contributed by atoms with van der Waals surface area (Å²) >= 11 is 0. The quantitative estimate of drug-likeness (QED) is 0.851. The predicted molar refractivity (Wildman–Crippen MR) is 66.3 cm³/mol. The van der Waals surface area contributed by atoms with Crippen LogP contribution in [0.15, 0.2) is 18.6 Å². The first-order chi connectivity index (χ1) is 8.09. The monoisotopic (exact) mass is 229 g/mol. The first kappa shape index (κ1) is 11.4. The molecule has 0 spiro atoms. The van der Waals surface area contributed by atoms with Crippen LogP contribution in [0.2, 0.25) is 0 Å². The van der Waals surface area contributed by atoms with Crippen molar-refractivity contribution in [1.29, 1.82) is 0 Å². The van der Waals surface area contributed by atoms with E-state index < -0.39 is 0 Å². The molecule has 2 aromatic heterocycles. The predicted octanol–water partition coefficient (Wildman–Crippen LogP) is 1.95. The van der Waals surface area contributed by atoms with Gasteiger partial charge in [0.05, 0.1) is 0 Å². The Morgan fingerprint density at radius 3 is 2.53 bits per heavy atom.